The molecule has 0 unspecified atom stereocenters. The molecule has 5 aliphatic rings. The molecule has 3 N–H and O–H groups in total. The Hall–Kier alpha value is -2.60. The quantitative estimate of drug-likeness (QED) is 0.175. The zero-order valence-electron chi connectivity index (χ0n) is 28.1. The number of ether oxygens (including phenoxy) is 1. The lowest BCUT2D eigenvalue weighted by atomic mass is 9.31. The van der Waals surface area contributed by atoms with E-state index in [2.05, 4.69) is 48.1 Å². The molecule has 0 bridgehead atoms. The third kappa shape index (κ3) is 4.51. The van der Waals surface area contributed by atoms with Gasteiger partial charge in [0.05, 0.1) is 11.5 Å². The van der Waals surface area contributed by atoms with E-state index in [1.165, 1.54) is 6.08 Å². The standard InChI is InChI=1S/C39H54O6/c1-23(2)26-16-19-39(34(43)44)21-20-37(6)27(33(26)39)13-14-28-36(5)18-17-30(41)35(3,4)29(36)22-31(38(28,37)7)45-32(42)15-10-24-8-11-25(40)12-9-24/h8-12,15,26-31,33,40-41H,1,13-14,16-22H2,2-7H3,(H,43,44)/b15-10+/t26-,27-,28+,29-,30-,31+,33-,36-,37+,38-,39-/m1/s1. The fraction of sp³-hybridized carbons (Fsp3) is 0.692. The summed E-state index contributed by atoms with van der Waals surface area (Å²) in [5.74, 6) is 0.0240. The Labute approximate surface area is 269 Å². The Kier molecular flexibility index (Phi) is 7.70. The highest BCUT2D eigenvalue weighted by molar-refractivity contribution is 5.87. The van der Waals surface area contributed by atoms with Gasteiger partial charge in [-0.15, -0.1) is 0 Å². The largest absolute Gasteiger partial charge is 0.508 e. The summed E-state index contributed by atoms with van der Waals surface area (Å²) in [6.45, 7) is 18.1. The second-order valence-electron chi connectivity index (χ2n) is 16.9. The number of carbonyl (C=O) groups excluding carboxylic acids is 1. The van der Waals surface area contributed by atoms with Gasteiger partial charge in [-0.3, -0.25) is 4.79 Å². The van der Waals surface area contributed by atoms with Gasteiger partial charge in [0.25, 0.3) is 0 Å². The summed E-state index contributed by atoms with van der Waals surface area (Å²) < 4.78 is 6.61. The van der Waals surface area contributed by atoms with Gasteiger partial charge in [-0.25, -0.2) is 4.79 Å². The third-order valence-electron chi connectivity index (χ3n) is 15.1. The number of phenols is 1. The van der Waals surface area contributed by atoms with Gasteiger partial charge in [0.15, 0.2) is 0 Å². The number of carboxylic acids is 1. The van der Waals surface area contributed by atoms with Crippen molar-refractivity contribution in [2.24, 2.45) is 56.7 Å². The van der Waals surface area contributed by atoms with Crippen molar-refractivity contribution in [2.75, 3.05) is 0 Å². The molecule has 6 rings (SSSR count). The van der Waals surface area contributed by atoms with Crippen molar-refractivity contribution in [2.45, 2.75) is 112 Å². The molecule has 0 amide bonds. The molecular formula is C39H54O6. The number of aliphatic hydroxyl groups is 1. The van der Waals surface area contributed by atoms with E-state index in [4.69, 9.17) is 4.74 Å². The highest BCUT2D eigenvalue weighted by atomic mass is 16.5. The fourth-order valence-corrected chi connectivity index (χ4v) is 12.5. The van der Waals surface area contributed by atoms with E-state index in [1.54, 1.807) is 30.3 Å². The second-order valence-corrected chi connectivity index (χ2v) is 16.9. The van der Waals surface area contributed by atoms with Crippen molar-refractivity contribution >= 4 is 18.0 Å². The van der Waals surface area contributed by atoms with Crippen LogP contribution >= 0.6 is 0 Å². The zero-order valence-corrected chi connectivity index (χ0v) is 28.1. The van der Waals surface area contributed by atoms with Crippen molar-refractivity contribution in [3.05, 3.63) is 48.1 Å². The van der Waals surface area contributed by atoms with Gasteiger partial charge in [-0.1, -0.05) is 58.9 Å². The van der Waals surface area contributed by atoms with Gasteiger partial charge in [-0.05, 0) is 134 Å². The molecule has 6 nitrogen and oxygen atoms in total. The number of aromatic hydroxyl groups is 1. The lowest BCUT2D eigenvalue weighted by Gasteiger charge is -2.73. The van der Waals surface area contributed by atoms with Gasteiger partial charge in [0.2, 0.25) is 0 Å². The maximum absolute atomic E-state index is 13.7. The van der Waals surface area contributed by atoms with Crippen molar-refractivity contribution in [1.29, 1.82) is 0 Å². The van der Waals surface area contributed by atoms with Crippen LogP contribution in [0.15, 0.2) is 42.5 Å². The number of rotatable bonds is 5. The number of fused-ring (bicyclic) bond motifs is 7. The molecule has 5 aliphatic carbocycles. The predicted octanol–water partition coefficient (Wildman–Crippen LogP) is 8.03. The topological polar surface area (TPSA) is 104 Å². The van der Waals surface area contributed by atoms with E-state index in [1.807, 2.05) is 0 Å². The molecule has 0 spiro atoms. The lowest BCUT2D eigenvalue weighted by Crippen LogP contribution is -2.71. The maximum Gasteiger partial charge on any atom is 0.331 e. The molecule has 45 heavy (non-hydrogen) atoms. The Morgan fingerprint density at radius 1 is 0.933 bits per heavy atom. The normalized spacial score (nSPS) is 45.1. The smallest absolute Gasteiger partial charge is 0.331 e. The van der Waals surface area contributed by atoms with Crippen LogP contribution in [-0.4, -0.2) is 39.5 Å². The maximum atomic E-state index is 13.7. The van der Waals surface area contributed by atoms with Crippen LogP contribution in [0.4, 0.5) is 0 Å². The number of hydrogen-bond acceptors (Lipinski definition) is 5. The van der Waals surface area contributed by atoms with E-state index in [-0.39, 0.29) is 69.1 Å². The summed E-state index contributed by atoms with van der Waals surface area (Å²) in [6.07, 6.45) is 9.86. The van der Waals surface area contributed by atoms with Gasteiger partial charge < -0.3 is 20.1 Å². The number of phenolic OH excluding ortho intramolecular Hbond substituents is 1. The molecule has 246 valence electrons. The van der Waals surface area contributed by atoms with Crippen molar-refractivity contribution in [3.8, 4) is 5.75 Å². The Morgan fingerprint density at radius 2 is 1.62 bits per heavy atom. The molecule has 11 atom stereocenters. The number of aliphatic carboxylic acids is 1. The molecule has 5 fully saturated rings. The average Bonchev–Trinajstić information content (AvgIpc) is 3.38. The molecule has 5 saturated carbocycles. The Balaban J connectivity index is 1.43. The van der Waals surface area contributed by atoms with Crippen LogP contribution in [0.1, 0.15) is 105 Å². The first-order chi connectivity index (χ1) is 21.0. The van der Waals surface area contributed by atoms with Crippen LogP contribution in [0.5, 0.6) is 5.75 Å². The van der Waals surface area contributed by atoms with Crippen molar-refractivity contribution < 1.29 is 29.6 Å². The predicted molar refractivity (Wildman–Crippen MR) is 175 cm³/mol. The second kappa shape index (κ2) is 10.7. The van der Waals surface area contributed by atoms with E-state index < -0.39 is 17.5 Å². The molecule has 0 heterocycles. The lowest BCUT2D eigenvalue weighted by molar-refractivity contribution is -0.285. The van der Waals surface area contributed by atoms with Crippen LogP contribution in [0.3, 0.4) is 0 Å². The number of benzene rings is 1. The van der Waals surface area contributed by atoms with Crippen LogP contribution in [0.25, 0.3) is 6.08 Å². The van der Waals surface area contributed by atoms with Gasteiger partial charge in [0, 0.05) is 11.5 Å². The fourth-order valence-electron chi connectivity index (χ4n) is 12.5. The minimum atomic E-state index is -0.714. The minimum Gasteiger partial charge on any atom is -0.508 e. The average molecular weight is 619 g/mol. The number of carboxylic acid groups (broad SMARTS) is 1. The SMILES string of the molecule is C=C(C)[C@H]1CC[C@@]2(C(=O)O)CC[C@@]3(C)[C@H](CC[C@H]4[C@@]5(C)CC[C@@H](O)C(C)(C)[C@H]5C[C@H](OC(=O)/C=C/c5ccc(O)cc5)[C@@]43C)[C@@H]12. The molecular weight excluding hydrogens is 564 g/mol. The van der Waals surface area contributed by atoms with Crippen LogP contribution < -0.4 is 0 Å². The van der Waals surface area contributed by atoms with Crippen LogP contribution in [0.2, 0.25) is 0 Å². The molecule has 0 aromatic heterocycles. The third-order valence-corrected chi connectivity index (χ3v) is 15.1. The van der Waals surface area contributed by atoms with E-state index in [0.717, 1.165) is 49.7 Å². The first-order valence-electron chi connectivity index (χ1n) is 17.3. The summed E-state index contributed by atoms with van der Waals surface area (Å²) in [7, 11) is 0. The molecule has 0 radical (unpaired) electrons. The molecule has 0 saturated heterocycles. The first kappa shape index (κ1) is 32.3. The van der Waals surface area contributed by atoms with Gasteiger partial charge >= 0.3 is 11.9 Å². The van der Waals surface area contributed by atoms with Crippen LogP contribution in [0, 0.1) is 56.7 Å². The summed E-state index contributed by atoms with van der Waals surface area (Å²) >= 11 is 0. The Bertz CT molecular complexity index is 1390. The van der Waals surface area contributed by atoms with Gasteiger partial charge in [-0.2, -0.15) is 0 Å². The first-order valence-corrected chi connectivity index (χ1v) is 17.3. The zero-order chi connectivity index (χ0) is 32.7. The molecule has 1 aromatic rings. The van der Waals surface area contributed by atoms with E-state index >= 15 is 0 Å². The summed E-state index contributed by atoms with van der Waals surface area (Å²) in [5.41, 5.74) is 0.248. The molecule has 6 heteroatoms. The number of esters is 1. The number of hydrogen-bond donors (Lipinski definition) is 3. The number of aliphatic hydroxyl groups excluding tert-OH is 1. The van der Waals surface area contributed by atoms with E-state index in [0.29, 0.717) is 19.3 Å². The van der Waals surface area contributed by atoms with Crippen LogP contribution in [-0.2, 0) is 14.3 Å². The Morgan fingerprint density at radius 3 is 2.27 bits per heavy atom. The molecule has 0 aliphatic heterocycles. The summed E-state index contributed by atoms with van der Waals surface area (Å²) in [6, 6.07) is 6.72. The minimum absolute atomic E-state index is 0.0268. The van der Waals surface area contributed by atoms with Crippen molar-refractivity contribution in [3.63, 3.8) is 0 Å². The summed E-state index contributed by atoms with van der Waals surface area (Å²) in [4.78, 5) is 26.7. The molecule has 1 aromatic carbocycles. The van der Waals surface area contributed by atoms with Gasteiger partial charge in [0.1, 0.15) is 11.9 Å². The number of allylic oxidation sites excluding steroid dienone is 1. The monoisotopic (exact) mass is 618 g/mol. The number of carbonyl (C=O) groups is 2. The van der Waals surface area contributed by atoms with Crippen molar-refractivity contribution in [1.82, 2.24) is 0 Å². The highest BCUT2D eigenvalue weighted by Crippen LogP contribution is 2.77. The van der Waals surface area contributed by atoms with E-state index in [9.17, 15) is 24.9 Å². The summed E-state index contributed by atoms with van der Waals surface area (Å²) in [5, 5.41) is 31.7. The highest BCUT2D eigenvalue weighted by Gasteiger charge is 2.74.